The van der Waals surface area contributed by atoms with E-state index < -0.39 is 0 Å². The Morgan fingerprint density at radius 3 is 2.52 bits per heavy atom. The number of rotatable bonds is 3. The summed E-state index contributed by atoms with van der Waals surface area (Å²) in [6.45, 7) is 3.31. The molecular weight excluding hydrogens is 340 g/mol. The number of carbonyl (C=O) groups is 2. The van der Waals surface area contributed by atoms with E-state index in [1.54, 1.807) is 6.08 Å². The van der Waals surface area contributed by atoms with E-state index in [4.69, 9.17) is 4.74 Å². The van der Waals surface area contributed by atoms with Crippen LogP contribution in [-0.2, 0) is 16.0 Å². The Hall–Kier alpha value is -2.30. The lowest BCUT2D eigenvalue weighted by Crippen LogP contribution is -2.51. The highest BCUT2D eigenvalue weighted by atomic mass is 16.5. The van der Waals surface area contributed by atoms with E-state index in [1.165, 1.54) is 24.8 Å². The molecule has 144 valence electrons. The van der Waals surface area contributed by atoms with E-state index in [-0.39, 0.29) is 11.8 Å². The Labute approximate surface area is 161 Å². The van der Waals surface area contributed by atoms with Crippen LogP contribution in [0.5, 0.6) is 5.75 Å². The van der Waals surface area contributed by atoms with Gasteiger partial charge >= 0.3 is 0 Å². The van der Waals surface area contributed by atoms with Crippen molar-refractivity contribution in [2.45, 2.75) is 38.5 Å². The second kappa shape index (κ2) is 8.15. The summed E-state index contributed by atoms with van der Waals surface area (Å²) in [6, 6.07) is 6.05. The number of nitrogens with zero attached hydrogens (tertiary/aromatic N) is 2. The van der Waals surface area contributed by atoms with Gasteiger partial charge in [0.1, 0.15) is 5.75 Å². The molecule has 0 aromatic heterocycles. The summed E-state index contributed by atoms with van der Waals surface area (Å²) < 4.78 is 5.52. The summed E-state index contributed by atoms with van der Waals surface area (Å²) >= 11 is 0. The molecule has 1 saturated heterocycles. The van der Waals surface area contributed by atoms with Crippen molar-refractivity contribution in [3.8, 4) is 5.75 Å². The first-order valence-electron chi connectivity index (χ1n) is 10.2. The predicted octanol–water partition coefficient (Wildman–Crippen LogP) is 2.89. The van der Waals surface area contributed by atoms with Gasteiger partial charge in [0, 0.05) is 44.6 Å². The highest BCUT2D eigenvalue weighted by Gasteiger charge is 2.29. The van der Waals surface area contributed by atoms with Crippen LogP contribution in [0, 0.1) is 5.92 Å². The van der Waals surface area contributed by atoms with Crippen molar-refractivity contribution in [1.29, 1.82) is 0 Å². The summed E-state index contributed by atoms with van der Waals surface area (Å²) in [4.78, 5) is 28.9. The third-order valence-electron chi connectivity index (χ3n) is 5.99. The molecule has 1 aliphatic carbocycles. The SMILES string of the molecule is O=C(/C=C/c1ccc2c(c1)CCO2)N1CCN(C(=O)C2CCCCC2)CC1. The molecule has 0 bridgehead atoms. The van der Waals surface area contributed by atoms with Crippen LogP contribution in [0.4, 0.5) is 0 Å². The molecule has 5 heteroatoms. The first-order valence-corrected chi connectivity index (χ1v) is 10.2. The quantitative estimate of drug-likeness (QED) is 0.771. The molecule has 27 heavy (non-hydrogen) atoms. The van der Waals surface area contributed by atoms with Gasteiger partial charge in [-0.25, -0.2) is 0 Å². The number of fused-ring (bicyclic) bond motifs is 1. The van der Waals surface area contributed by atoms with Crippen LogP contribution >= 0.6 is 0 Å². The fraction of sp³-hybridized carbons (Fsp3) is 0.545. The Morgan fingerprint density at radius 2 is 1.74 bits per heavy atom. The van der Waals surface area contributed by atoms with E-state index in [9.17, 15) is 9.59 Å². The predicted molar refractivity (Wildman–Crippen MR) is 104 cm³/mol. The molecule has 4 rings (SSSR count). The van der Waals surface area contributed by atoms with Crippen molar-refractivity contribution >= 4 is 17.9 Å². The Balaban J connectivity index is 1.29. The third kappa shape index (κ3) is 4.18. The lowest BCUT2D eigenvalue weighted by atomic mass is 9.88. The number of hydrogen-bond donors (Lipinski definition) is 0. The van der Waals surface area contributed by atoms with Gasteiger partial charge in [-0.1, -0.05) is 25.3 Å². The number of benzene rings is 1. The second-order valence-corrected chi connectivity index (χ2v) is 7.78. The molecule has 0 unspecified atom stereocenters. The van der Waals surface area contributed by atoms with Crippen molar-refractivity contribution < 1.29 is 14.3 Å². The standard InChI is InChI=1S/C22H28N2O3/c25-21(9-7-17-6-8-20-19(16-17)10-15-27-20)23-11-13-24(14-12-23)22(26)18-4-2-1-3-5-18/h6-9,16,18H,1-5,10-15H2/b9-7+. The Kier molecular flexibility index (Phi) is 5.46. The highest BCUT2D eigenvalue weighted by Crippen LogP contribution is 2.27. The lowest BCUT2D eigenvalue weighted by molar-refractivity contribution is -0.141. The van der Waals surface area contributed by atoms with Crippen LogP contribution < -0.4 is 4.74 Å². The molecule has 0 spiro atoms. The van der Waals surface area contributed by atoms with Gasteiger partial charge in [-0.05, 0) is 42.2 Å². The van der Waals surface area contributed by atoms with Crippen LogP contribution in [0.2, 0.25) is 0 Å². The maximum atomic E-state index is 12.6. The topological polar surface area (TPSA) is 49.9 Å². The summed E-state index contributed by atoms with van der Waals surface area (Å²) in [5.74, 6) is 1.50. The zero-order valence-electron chi connectivity index (χ0n) is 15.9. The number of piperazine rings is 1. The number of hydrogen-bond acceptors (Lipinski definition) is 3. The normalized spacial score (nSPS) is 20.6. The molecule has 2 fully saturated rings. The van der Waals surface area contributed by atoms with Gasteiger partial charge in [0.15, 0.2) is 0 Å². The molecule has 2 heterocycles. The number of amides is 2. The zero-order valence-corrected chi connectivity index (χ0v) is 15.9. The van der Waals surface area contributed by atoms with Crippen LogP contribution in [0.3, 0.4) is 0 Å². The van der Waals surface area contributed by atoms with E-state index in [1.807, 2.05) is 28.0 Å². The van der Waals surface area contributed by atoms with Crippen molar-refractivity contribution in [1.82, 2.24) is 9.80 Å². The summed E-state index contributed by atoms with van der Waals surface area (Å²) in [5, 5.41) is 0. The molecule has 1 aromatic carbocycles. The minimum atomic E-state index is 0.0245. The number of ether oxygens (including phenoxy) is 1. The van der Waals surface area contributed by atoms with E-state index in [2.05, 4.69) is 6.07 Å². The van der Waals surface area contributed by atoms with Crippen LogP contribution in [0.1, 0.15) is 43.2 Å². The lowest BCUT2D eigenvalue weighted by Gasteiger charge is -2.36. The minimum Gasteiger partial charge on any atom is -0.493 e. The monoisotopic (exact) mass is 368 g/mol. The average molecular weight is 368 g/mol. The summed E-state index contributed by atoms with van der Waals surface area (Å²) in [7, 11) is 0. The van der Waals surface area contributed by atoms with E-state index >= 15 is 0 Å². The first kappa shape index (κ1) is 18.1. The highest BCUT2D eigenvalue weighted by molar-refractivity contribution is 5.92. The van der Waals surface area contributed by atoms with Gasteiger partial charge in [-0.2, -0.15) is 0 Å². The molecular formula is C22H28N2O3. The maximum absolute atomic E-state index is 12.6. The Morgan fingerprint density at radius 1 is 1.00 bits per heavy atom. The van der Waals surface area contributed by atoms with Crippen LogP contribution in [0.15, 0.2) is 24.3 Å². The zero-order chi connectivity index (χ0) is 18.6. The summed E-state index contributed by atoms with van der Waals surface area (Å²) in [5.41, 5.74) is 2.23. The van der Waals surface area contributed by atoms with Gasteiger partial charge < -0.3 is 14.5 Å². The third-order valence-corrected chi connectivity index (χ3v) is 5.99. The maximum Gasteiger partial charge on any atom is 0.246 e. The molecule has 0 radical (unpaired) electrons. The van der Waals surface area contributed by atoms with Crippen molar-refractivity contribution in [3.05, 3.63) is 35.4 Å². The summed E-state index contributed by atoms with van der Waals surface area (Å²) in [6.07, 6.45) is 10.1. The molecule has 1 aromatic rings. The van der Waals surface area contributed by atoms with Gasteiger partial charge in [0.05, 0.1) is 6.61 Å². The van der Waals surface area contributed by atoms with Gasteiger partial charge in [0.25, 0.3) is 0 Å². The van der Waals surface area contributed by atoms with Gasteiger partial charge in [-0.15, -0.1) is 0 Å². The minimum absolute atomic E-state index is 0.0245. The van der Waals surface area contributed by atoms with Crippen molar-refractivity contribution in [2.75, 3.05) is 32.8 Å². The Bertz CT molecular complexity index is 729. The van der Waals surface area contributed by atoms with E-state index in [0.29, 0.717) is 32.1 Å². The van der Waals surface area contributed by atoms with Gasteiger partial charge in [-0.3, -0.25) is 9.59 Å². The molecule has 1 saturated carbocycles. The second-order valence-electron chi connectivity index (χ2n) is 7.78. The fourth-order valence-electron chi connectivity index (χ4n) is 4.34. The molecule has 3 aliphatic rings. The molecule has 2 aliphatic heterocycles. The average Bonchev–Trinajstić information content (AvgIpc) is 3.20. The largest absolute Gasteiger partial charge is 0.493 e. The molecule has 0 atom stereocenters. The van der Waals surface area contributed by atoms with Crippen molar-refractivity contribution in [2.24, 2.45) is 5.92 Å². The molecule has 5 nitrogen and oxygen atoms in total. The number of carbonyl (C=O) groups excluding carboxylic acids is 2. The van der Waals surface area contributed by atoms with E-state index in [0.717, 1.165) is 37.2 Å². The van der Waals surface area contributed by atoms with Crippen LogP contribution in [-0.4, -0.2) is 54.4 Å². The smallest absolute Gasteiger partial charge is 0.246 e. The fourth-order valence-corrected chi connectivity index (χ4v) is 4.34. The van der Waals surface area contributed by atoms with Gasteiger partial charge in [0.2, 0.25) is 11.8 Å². The first-order chi connectivity index (χ1) is 13.2. The molecule has 2 amide bonds. The van der Waals surface area contributed by atoms with Crippen molar-refractivity contribution in [3.63, 3.8) is 0 Å². The van der Waals surface area contributed by atoms with Crippen LogP contribution in [0.25, 0.3) is 6.08 Å². The molecule has 0 N–H and O–H groups in total.